The van der Waals surface area contributed by atoms with Crippen molar-refractivity contribution in [2.45, 2.75) is 46.4 Å². The van der Waals surface area contributed by atoms with Crippen LogP contribution in [0.15, 0.2) is 36.4 Å². The van der Waals surface area contributed by atoms with Crippen LogP contribution in [0.1, 0.15) is 59.5 Å². The number of hydrogen-bond acceptors (Lipinski definition) is 5. The molecular formula is C25H25ClN2O4. The minimum Gasteiger partial charge on any atom is -0.489 e. The van der Waals surface area contributed by atoms with Crippen molar-refractivity contribution in [3.05, 3.63) is 63.7 Å². The largest absolute Gasteiger partial charge is 0.489 e. The van der Waals surface area contributed by atoms with Crippen LogP contribution < -0.4 is 4.74 Å². The number of nitrogens with zero attached hydrogens (tertiary/aromatic N) is 2. The highest BCUT2D eigenvalue weighted by atomic mass is 35.5. The first-order valence-corrected chi connectivity index (χ1v) is 10.8. The molecule has 0 N–H and O–H groups in total. The van der Waals surface area contributed by atoms with E-state index in [2.05, 4.69) is 27.7 Å². The van der Waals surface area contributed by atoms with E-state index < -0.39 is 5.97 Å². The molecule has 2 aliphatic rings. The molecule has 1 aliphatic carbocycles. The zero-order chi connectivity index (χ0) is 23.4. The summed E-state index contributed by atoms with van der Waals surface area (Å²) in [6.07, 6.45) is -0.175. The van der Waals surface area contributed by atoms with Crippen LogP contribution >= 0.6 is 11.6 Å². The lowest BCUT2D eigenvalue weighted by molar-refractivity contribution is -0.199. The Morgan fingerprint density at radius 1 is 1.16 bits per heavy atom. The minimum absolute atomic E-state index is 0.0394. The summed E-state index contributed by atoms with van der Waals surface area (Å²) < 4.78 is 11.1. The normalized spacial score (nSPS) is 22.5. The molecule has 0 atom stereocenters. The molecular weight excluding hydrogens is 428 g/mol. The van der Waals surface area contributed by atoms with Gasteiger partial charge in [0.15, 0.2) is 0 Å². The van der Waals surface area contributed by atoms with Crippen LogP contribution in [-0.2, 0) is 11.3 Å². The first-order valence-electron chi connectivity index (χ1n) is 10.4. The van der Waals surface area contributed by atoms with E-state index in [0.29, 0.717) is 34.0 Å². The van der Waals surface area contributed by atoms with Gasteiger partial charge in [0.2, 0.25) is 0 Å². The molecule has 2 aromatic carbocycles. The van der Waals surface area contributed by atoms with Gasteiger partial charge < -0.3 is 14.4 Å². The van der Waals surface area contributed by atoms with Gasteiger partial charge in [-0.15, -0.1) is 0 Å². The Morgan fingerprint density at radius 2 is 1.84 bits per heavy atom. The lowest BCUT2D eigenvalue weighted by atomic mass is 9.49. The number of carbonyl (C=O) groups is 2. The summed E-state index contributed by atoms with van der Waals surface area (Å²) in [5.74, 6) is 0.136. The number of benzene rings is 2. The molecule has 0 bridgehead atoms. The smallest absolute Gasteiger partial charge is 0.337 e. The van der Waals surface area contributed by atoms with Crippen molar-refractivity contribution >= 4 is 23.5 Å². The molecule has 0 unspecified atom stereocenters. The van der Waals surface area contributed by atoms with Crippen LogP contribution in [0.5, 0.6) is 5.75 Å². The van der Waals surface area contributed by atoms with Crippen molar-refractivity contribution in [1.29, 1.82) is 5.26 Å². The van der Waals surface area contributed by atoms with Gasteiger partial charge in [-0.2, -0.15) is 5.26 Å². The number of methoxy groups -OCH3 is 1. The van der Waals surface area contributed by atoms with Crippen molar-refractivity contribution in [2.24, 2.45) is 10.8 Å². The zero-order valence-corrected chi connectivity index (χ0v) is 19.5. The highest BCUT2D eigenvalue weighted by Crippen LogP contribution is 2.59. The SMILES string of the molecule is COC(=O)c1ccc2c(c1)CN([C@H]1C(C)(C)[C@H](Oc3ccc(C#N)c(Cl)c3)C1(C)C)C2=O. The number of rotatable bonds is 4. The molecule has 6 nitrogen and oxygen atoms in total. The highest BCUT2D eigenvalue weighted by molar-refractivity contribution is 6.31. The minimum atomic E-state index is -0.419. The molecule has 166 valence electrons. The maximum atomic E-state index is 13.3. The lowest BCUT2D eigenvalue weighted by Gasteiger charge is -2.65. The molecule has 0 aromatic heterocycles. The van der Waals surface area contributed by atoms with Gasteiger partial charge >= 0.3 is 5.97 Å². The number of carbonyl (C=O) groups excluding carboxylic acids is 2. The summed E-state index contributed by atoms with van der Waals surface area (Å²) in [4.78, 5) is 27.0. The Labute approximate surface area is 192 Å². The molecule has 1 heterocycles. The molecule has 1 aliphatic heterocycles. The molecule has 1 fully saturated rings. The first-order chi connectivity index (χ1) is 15.0. The van der Waals surface area contributed by atoms with Gasteiger partial charge in [0, 0.05) is 35.0 Å². The van der Waals surface area contributed by atoms with Crippen molar-refractivity contribution in [3.63, 3.8) is 0 Å². The second kappa shape index (κ2) is 7.53. The standard InChI is InChI=1S/C25H25ClN2O4/c1-24(2)22(25(3,4)23(24)32-17-8-6-15(12-27)19(26)11-17)28-13-16-10-14(21(30)31-5)7-9-18(16)20(28)29/h6-11,22-23H,13H2,1-5H3/t22-,23-. The number of amides is 1. The summed E-state index contributed by atoms with van der Waals surface area (Å²) in [5.41, 5.74) is 1.60. The highest BCUT2D eigenvalue weighted by Gasteiger charge is 2.66. The van der Waals surface area contributed by atoms with Crippen LogP contribution in [0.4, 0.5) is 0 Å². The second-order valence-electron chi connectivity index (χ2n) is 9.59. The Hall–Kier alpha value is -3.04. The number of nitriles is 1. The summed E-state index contributed by atoms with van der Waals surface area (Å²) >= 11 is 6.18. The van der Waals surface area contributed by atoms with Crippen LogP contribution in [0.2, 0.25) is 5.02 Å². The second-order valence-corrected chi connectivity index (χ2v) is 10.0. The van der Waals surface area contributed by atoms with Gasteiger partial charge in [0.1, 0.15) is 17.9 Å². The van der Waals surface area contributed by atoms with E-state index in [4.69, 9.17) is 26.3 Å². The van der Waals surface area contributed by atoms with Crippen LogP contribution in [-0.4, -0.2) is 36.0 Å². The van der Waals surface area contributed by atoms with Crippen molar-refractivity contribution in [1.82, 2.24) is 4.90 Å². The fourth-order valence-corrected chi connectivity index (χ4v) is 6.02. The lowest BCUT2D eigenvalue weighted by Crippen LogP contribution is -2.74. The number of hydrogen-bond donors (Lipinski definition) is 0. The van der Waals surface area contributed by atoms with Crippen molar-refractivity contribution in [2.75, 3.05) is 7.11 Å². The number of ether oxygens (including phenoxy) is 2. The molecule has 4 rings (SSSR count). The average molecular weight is 453 g/mol. The average Bonchev–Trinajstić information content (AvgIpc) is 3.05. The third kappa shape index (κ3) is 3.23. The monoisotopic (exact) mass is 452 g/mol. The molecule has 2 aromatic rings. The van der Waals surface area contributed by atoms with Gasteiger partial charge in [-0.25, -0.2) is 4.79 Å². The summed E-state index contributed by atoms with van der Waals surface area (Å²) in [6, 6.07) is 12.1. The van der Waals surface area contributed by atoms with Gasteiger partial charge in [-0.3, -0.25) is 4.79 Å². The van der Waals surface area contributed by atoms with E-state index in [1.165, 1.54) is 7.11 Å². The van der Waals surface area contributed by atoms with Crippen LogP contribution in [0, 0.1) is 22.2 Å². The predicted octanol–water partition coefficient (Wildman–Crippen LogP) is 4.84. The molecule has 0 spiro atoms. The summed E-state index contributed by atoms with van der Waals surface area (Å²) in [7, 11) is 1.34. The van der Waals surface area contributed by atoms with Crippen LogP contribution in [0.3, 0.4) is 0 Å². The molecule has 0 saturated heterocycles. The van der Waals surface area contributed by atoms with E-state index >= 15 is 0 Å². The molecule has 0 radical (unpaired) electrons. The maximum Gasteiger partial charge on any atom is 0.337 e. The summed E-state index contributed by atoms with van der Waals surface area (Å²) in [5, 5.41) is 9.44. The maximum absolute atomic E-state index is 13.3. The Morgan fingerprint density at radius 3 is 2.44 bits per heavy atom. The number of halogens is 1. The number of fused-ring (bicyclic) bond motifs is 1. The fraction of sp³-hybridized carbons (Fsp3) is 0.400. The van der Waals surface area contributed by atoms with Gasteiger partial charge in [0.05, 0.1) is 23.3 Å². The van der Waals surface area contributed by atoms with E-state index in [-0.39, 0.29) is 28.9 Å². The molecule has 1 saturated carbocycles. The predicted molar refractivity (Wildman–Crippen MR) is 120 cm³/mol. The van der Waals surface area contributed by atoms with E-state index in [0.717, 1.165) is 5.56 Å². The number of esters is 1. The third-order valence-corrected chi connectivity index (χ3v) is 7.06. The van der Waals surface area contributed by atoms with E-state index in [9.17, 15) is 9.59 Å². The van der Waals surface area contributed by atoms with E-state index in [1.54, 1.807) is 36.4 Å². The van der Waals surface area contributed by atoms with Gasteiger partial charge in [-0.05, 0) is 35.9 Å². The topological polar surface area (TPSA) is 79.6 Å². The first kappa shape index (κ1) is 22.2. The van der Waals surface area contributed by atoms with Crippen molar-refractivity contribution < 1.29 is 19.1 Å². The Balaban J connectivity index is 1.59. The quantitative estimate of drug-likeness (QED) is 0.620. The third-order valence-electron chi connectivity index (χ3n) is 6.75. The Bertz CT molecular complexity index is 1150. The molecule has 32 heavy (non-hydrogen) atoms. The van der Waals surface area contributed by atoms with Gasteiger partial charge in [-0.1, -0.05) is 39.3 Å². The summed E-state index contributed by atoms with van der Waals surface area (Å²) in [6.45, 7) is 8.81. The van der Waals surface area contributed by atoms with E-state index in [1.807, 2.05) is 11.0 Å². The Kier molecular flexibility index (Phi) is 5.21. The zero-order valence-electron chi connectivity index (χ0n) is 18.7. The van der Waals surface area contributed by atoms with Crippen LogP contribution in [0.25, 0.3) is 0 Å². The molecule has 1 amide bonds. The fourth-order valence-electron chi connectivity index (χ4n) is 5.81. The van der Waals surface area contributed by atoms with Gasteiger partial charge in [0.25, 0.3) is 5.91 Å². The molecule has 7 heteroatoms. The van der Waals surface area contributed by atoms with Crippen molar-refractivity contribution in [3.8, 4) is 11.8 Å².